The molecule has 104 valence electrons. The second-order valence-corrected chi connectivity index (χ2v) is 4.50. The summed E-state index contributed by atoms with van der Waals surface area (Å²) < 4.78 is 9.86. The highest BCUT2D eigenvalue weighted by molar-refractivity contribution is 9.09. The minimum Gasteiger partial charge on any atom is -0.487 e. The Labute approximate surface area is 119 Å². The largest absolute Gasteiger partial charge is 0.487 e. The quantitative estimate of drug-likeness (QED) is 0.252. The van der Waals surface area contributed by atoms with Gasteiger partial charge in [-0.3, -0.25) is 14.9 Å². The van der Waals surface area contributed by atoms with Gasteiger partial charge in [-0.25, -0.2) is 0 Å². The summed E-state index contributed by atoms with van der Waals surface area (Å²) in [6.45, 7) is 0.391. The molecule has 1 aromatic rings. The van der Waals surface area contributed by atoms with Crippen molar-refractivity contribution in [2.45, 2.75) is 12.8 Å². The summed E-state index contributed by atoms with van der Waals surface area (Å²) in [5.74, 6) is -0.234. The molecule has 0 aliphatic rings. The van der Waals surface area contributed by atoms with Gasteiger partial charge in [0.2, 0.25) is 0 Å². The van der Waals surface area contributed by atoms with E-state index in [1.165, 1.54) is 19.2 Å². The Kier molecular flexibility index (Phi) is 6.27. The van der Waals surface area contributed by atoms with Gasteiger partial charge in [-0.2, -0.15) is 0 Å². The maximum absolute atomic E-state index is 11.1. The first kappa shape index (κ1) is 15.4. The lowest BCUT2D eigenvalue weighted by molar-refractivity contribution is -0.385. The van der Waals surface area contributed by atoms with E-state index in [9.17, 15) is 14.9 Å². The van der Waals surface area contributed by atoms with Gasteiger partial charge in [0, 0.05) is 11.4 Å². The Morgan fingerprint density at radius 2 is 2.21 bits per heavy atom. The van der Waals surface area contributed by atoms with Crippen molar-refractivity contribution < 1.29 is 19.2 Å². The topological polar surface area (TPSA) is 78.7 Å². The molecule has 0 amide bonds. The van der Waals surface area contributed by atoms with E-state index in [-0.39, 0.29) is 17.9 Å². The zero-order valence-corrected chi connectivity index (χ0v) is 12.0. The van der Waals surface area contributed by atoms with Gasteiger partial charge in [-0.1, -0.05) is 22.0 Å². The first-order valence-electron chi connectivity index (χ1n) is 5.61. The molecule has 6 nitrogen and oxygen atoms in total. The average Bonchev–Trinajstić information content (AvgIpc) is 2.40. The van der Waals surface area contributed by atoms with Gasteiger partial charge in [0.15, 0.2) is 5.75 Å². The second-order valence-electron chi connectivity index (χ2n) is 3.70. The molecule has 0 atom stereocenters. The number of nitro groups is 1. The highest BCUT2D eigenvalue weighted by atomic mass is 79.9. The molecule has 0 aromatic heterocycles. The van der Waals surface area contributed by atoms with Crippen molar-refractivity contribution in [2.24, 2.45) is 0 Å². The van der Waals surface area contributed by atoms with Crippen LogP contribution in [-0.4, -0.2) is 29.9 Å². The number of esters is 1. The van der Waals surface area contributed by atoms with Crippen LogP contribution < -0.4 is 4.74 Å². The van der Waals surface area contributed by atoms with E-state index in [0.717, 1.165) is 11.8 Å². The number of halogens is 1. The fraction of sp³-hybridized carbons (Fsp3) is 0.417. The third-order valence-electron chi connectivity index (χ3n) is 2.33. The van der Waals surface area contributed by atoms with Gasteiger partial charge < -0.3 is 9.47 Å². The van der Waals surface area contributed by atoms with Gasteiger partial charge >= 0.3 is 11.7 Å². The number of rotatable bonds is 7. The number of ether oxygens (including phenoxy) is 2. The molecule has 0 N–H and O–H groups in total. The molecule has 0 aliphatic heterocycles. The minimum absolute atomic E-state index is 0.000972. The Morgan fingerprint density at radius 1 is 1.47 bits per heavy atom. The number of carbonyl (C=O) groups is 1. The highest BCUT2D eigenvalue weighted by Gasteiger charge is 2.17. The van der Waals surface area contributed by atoms with Crippen molar-refractivity contribution >= 4 is 27.6 Å². The maximum Gasteiger partial charge on any atom is 0.311 e. The predicted octanol–water partition coefficient (Wildman–Crippen LogP) is 2.47. The molecule has 0 radical (unpaired) electrons. The first-order chi connectivity index (χ1) is 9.08. The third-order valence-corrected chi connectivity index (χ3v) is 2.89. The van der Waals surface area contributed by atoms with Gasteiger partial charge in [-0.05, 0) is 18.1 Å². The summed E-state index contributed by atoms with van der Waals surface area (Å²) in [6, 6.07) is 4.46. The predicted molar refractivity (Wildman–Crippen MR) is 72.7 cm³/mol. The fourth-order valence-electron chi connectivity index (χ4n) is 1.41. The van der Waals surface area contributed by atoms with E-state index in [4.69, 9.17) is 4.74 Å². The number of carbonyl (C=O) groups excluding carboxylic acids is 1. The lowest BCUT2D eigenvalue weighted by Crippen LogP contribution is -2.06. The van der Waals surface area contributed by atoms with Crippen LogP contribution in [0.5, 0.6) is 5.75 Å². The van der Waals surface area contributed by atoms with E-state index in [2.05, 4.69) is 20.7 Å². The van der Waals surface area contributed by atoms with Crippen molar-refractivity contribution in [3.63, 3.8) is 0 Å². The smallest absolute Gasteiger partial charge is 0.311 e. The average molecular weight is 332 g/mol. The molecular weight excluding hydrogens is 318 g/mol. The van der Waals surface area contributed by atoms with Crippen molar-refractivity contribution in [3.8, 4) is 5.75 Å². The standard InChI is InChI=1S/C12H14BrNO5/c1-18-12(15)8-9-3-4-11(19-6-2-5-13)10(7-9)14(16)17/h3-4,7H,2,5-6,8H2,1H3. The molecule has 0 heterocycles. The Hall–Kier alpha value is -1.63. The number of nitrogens with zero attached hydrogens (tertiary/aromatic N) is 1. The number of alkyl halides is 1. The minimum atomic E-state index is -0.524. The molecule has 0 bridgehead atoms. The van der Waals surface area contributed by atoms with Gasteiger partial charge in [0.25, 0.3) is 0 Å². The van der Waals surface area contributed by atoms with E-state index >= 15 is 0 Å². The molecule has 1 rings (SSSR count). The number of hydrogen-bond donors (Lipinski definition) is 0. The molecule has 0 saturated carbocycles. The van der Waals surface area contributed by atoms with Crippen LogP contribution in [0, 0.1) is 10.1 Å². The van der Waals surface area contributed by atoms with Crippen LogP contribution in [0.1, 0.15) is 12.0 Å². The zero-order valence-electron chi connectivity index (χ0n) is 10.4. The molecule has 0 fully saturated rings. The molecule has 7 heteroatoms. The summed E-state index contributed by atoms with van der Waals surface area (Å²) in [5.41, 5.74) is 0.377. The van der Waals surface area contributed by atoms with Crippen LogP contribution in [0.3, 0.4) is 0 Å². The maximum atomic E-state index is 11.1. The first-order valence-corrected chi connectivity index (χ1v) is 6.73. The number of methoxy groups -OCH3 is 1. The highest BCUT2D eigenvalue weighted by Crippen LogP contribution is 2.28. The van der Waals surface area contributed by atoms with Crippen LogP contribution >= 0.6 is 15.9 Å². The van der Waals surface area contributed by atoms with E-state index in [1.807, 2.05) is 0 Å². The summed E-state index contributed by atoms with van der Waals surface area (Å²) in [4.78, 5) is 21.6. The van der Waals surface area contributed by atoms with Crippen LogP contribution in [0.4, 0.5) is 5.69 Å². The molecular formula is C12H14BrNO5. The Morgan fingerprint density at radius 3 is 2.79 bits per heavy atom. The number of nitro benzene ring substituents is 1. The normalized spacial score (nSPS) is 10.0. The lowest BCUT2D eigenvalue weighted by Gasteiger charge is -2.07. The van der Waals surface area contributed by atoms with E-state index in [1.54, 1.807) is 6.07 Å². The molecule has 19 heavy (non-hydrogen) atoms. The lowest BCUT2D eigenvalue weighted by atomic mass is 10.1. The van der Waals surface area contributed by atoms with Crippen LogP contribution in [0.15, 0.2) is 18.2 Å². The van der Waals surface area contributed by atoms with Crippen molar-refractivity contribution in [1.82, 2.24) is 0 Å². The second kappa shape index (κ2) is 7.73. The molecule has 0 spiro atoms. The molecule has 0 aliphatic carbocycles. The van der Waals surface area contributed by atoms with Crippen molar-refractivity contribution in [2.75, 3.05) is 19.0 Å². The van der Waals surface area contributed by atoms with Crippen molar-refractivity contribution in [3.05, 3.63) is 33.9 Å². The van der Waals surface area contributed by atoms with Crippen LogP contribution in [0.25, 0.3) is 0 Å². The molecule has 0 unspecified atom stereocenters. The SMILES string of the molecule is COC(=O)Cc1ccc(OCCCBr)c([N+](=O)[O-])c1. The van der Waals surface area contributed by atoms with Crippen LogP contribution in [0.2, 0.25) is 0 Å². The summed E-state index contributed by atoms with van der Waals surface area (Å²) in [5, 5.41) is 11.7. The summed E-state index contributed by atoms with van der Waals surface area (Å²) in [6.07, 6.45) is 0.750. The number of benzene rings is 1. The Bertz CT molecular complexity index is 463. The summed E-state index contributed by atoms with van der Waals surface area (Å²) >= 11 is 3.25. The number of hydrogen-bond acceptors (Lipinski definition) is 5. The third kappa shape index (κ3) is 4.86. The summed E-state index contributed by atoms with van der Waals surface area (Å²) in [7, 11) is 1.27. The van der Waals surface area contributed by atoms with Gasteiger partial charge in [-0.15, -0.1) is 0 Å². The van der Waals surface area contributed by atoms with E-state index < -0.39 is 10.9 Å². The monoisotopic (exact) mass is 331 g/mol. The fourth-order valence-corrected chi connectivity index (χ4v) is 1.64. The molecule has 1 aromatic carbocycles. The van der Waals surface area contributed by atoms with Crippen molar-refractivity contribution in [1.29, 1.82) is 0 Å². The van der Waals surface area contributed by atoms with E-state index in [0.29, 0.717) is 12.2 Å². The Balaban J connectivity index is 2.88. The zero-order chi connectivity index (χ0) is 14.3. The van der Waals surface area contributed by atoms with Gasteiger partial charge in [0.05, 0.1) is 25.1 Å². The van der Waals surface area contributed by atoms with Crippen LogP contribution in [-0.2, 0) is 16.0 Å². The molecule has 0 saturated heterocycles. The van der Waals surface area contributed by atoms with Gasteiger partial charge in [0.1, 0.15) is 0 Å².